The summed E-state index contributed by atoms with van der Waals surface area (Å²) in [6, 6.07) is 8.41. The first-order valence-electron chi connectivity index (χ1n) is 7.55. The van der Waals surface area contributed by atoms with Gasteiger partial charge in [0.2, 0.25) is 0 Å². The van der Waals surface area contributed by atoms with Crippen LogP contribution in [0.2, 0.25) is 0 Å². The maximum absolute atomic E-state index is 12.5. The second kappa shape index (κ2) is 5.32. The van der Waals surface area contributed by atoms with Crippen molar-refractivity contribution in [1.82, 2.24) is 0 Å². The minimum Gasteiger partial charge on any atom is -0.294 e. The molecule has 1 aromatic rings. The van der Waals surface area contributed by atoms with E-state index in [0.717, 1.165) is 18.4 Å². The van der Waals surface area contributed by atoms with Gasteiger partial charge in [0.25, 0.3) is 0 Å². The van der Waals surface area contributed by atoms with Crippen LogP contribution >= 0.6 is 0 Å². The third kappa shape index (κ3) is 2.65. The topological polar surface area (TPSA) is 17.1 Å². The van der Waals surface area contributed by atoms with Crippen LogP contribution in [0.25, 0.3) is 6.08 Å². The van der Waals surface area contributed by atoms with Crippen LogP contribution in [0, 0.1) is 18.8 Å². The number of carbonyl (C=O) groups is 1. The van der Waals surface area contributed by atoms with E-state index in [4.69, 9.17) is 0 Å². The third-order valence-electron chi connectivity index (χ3n) is 4.73. The van der Waals surface area contributed by atoms with E-state index in [0.29, 0.717) is 17.6 Å². The summed E-state index contributed by atoms with van der Waals surface area (Å²) < 4.78 is 0. The van der Waals surface area contributed by atoms with Gasteiger partial charge in [0.05, 0.1) is 0 Å². The molecule has 0 heterocycles. The number of carbonyl (C=O) groups excluding carboxylic acids is 1. The number of rotatable bonds is 2. The molecule has 100 valence electrons. The largest absolute Gasteiger partial charge is 0.294 e. The molecular weight excluding hydrogens is 232 g/mol. The summed E-state index contributed by atoms with van der Waals surface area (Å²) in [5.41, 5.74) is 3.49. The Labute approximate surface area is 115 Å². The van der Waals surface area contributed by atoms with Crippen LogP contribution in [-0.2, 0) is 4.79 Å². The molecule has 1 aromatic carbocycles. The van der Waals surface area contributed by atoms with Crippen molar-refractivity contribution in [2.24, 2.45) is 11.8 Å². The quantitative estimate of drug-likeness (QED) is 0.708. The molecule has 0 radical (unpaired) electrons. The van der Waals surface area contributed by atoms with E-state index in [-0.39, 0.29) is 0 Å². The fraction of sp³-hybridized carbons (Fsp3) is 0.500. The number of aryl methyl sites for hydroxylation is 1. The average molecular weight is 254 g/mol. The van der Waals surface area contributed by atoms with Crippen LogP contribution in [0.4, 0.5) is 0 Å². The Morgan fingerprint density at radius 1 is 1.16 bits per heavy atom. The smallest absolute Gasteiger partial charge is 0.162 e. The molecule has 1 unspecified atom stereocenters. The molecule has 0 bridgehead atoms. The van der Waals surface area contributed by atoms with Crippen molar-refractivity contribution >= 4 is 11.9 Å². The molecule has 3 rings (SSSR count). The highest BCUT2D eigenvalue weighted by Gasteiger charge is 2.36. The van der Waals surface area contributed by atoms with E-state index in [9.17, 15) is 4.79 Å². The van der Waals surface area contributed by atoms with E-state index in [1.165, 1.54) is 36.8 Å². The summed E-state index contributed by atoms with van der Waals surface area (Å²) in [6.45, 7) is 2.10. The van der Waals surface area contributed by atoms with Crippen LogP contribution in [0.5, 0.6) is 0 Å². The molecule has 2 aliphatic carbocycles. The van der Waals surface area contributed by atoms with E-state index in [2.05, 4.69) is 37.3 Å². The lowest BCUT2D eigenvalue weighted by molar-refractivity contribution is -0.119. The number of ketones is 1. The Morgan fingerprint density at radius 2 is 1.95 bits per heavy atom. The summed E-state index contributed by atoms with van der Waals surface area (Å²) >= 11 is 0. The van der Waals surface area contributed by atoms with Gasteiger partial charge in [0.15, 0.2) is 5.78 Å². The van der Waals surface area contributed by atoms with Gasteiger partial charge in [-0.2, -0.15) is 0 Å². The molecule has 0 N–H and O–H groups in total. The third-order valence-corrected chi connectivity index (χ3v) is 4.73. The van der Waals surface area contributed by atoms with Gasteiger partial charge in [0.1, 0.15) is 0 Å². The van der Waals surface area contributed by atoms with Gasteiger partial charge in [-0.15, -0.1) is 0 Å². The summed E-state index contributed by atoms with van der Waals surface area (Å²) in [5, 5.41) is 0. The van der Waals surface area contributed by atoms with Gasteiger partial charge in [0, 0.05) is 5.92 Å². The minimum absolute atomic E-state index is 0.332. The first-order valence-corrected chi connectivity index (χ1v) is 7.55. The first-order chi connectivity index (χ1) is 9.24. The fourth-order valence-corrected chi connectivity index (χ4v) is 3.72. The first kappa shape index (κ1) is 12.7. The van der Waals surface area contributed by atoms with Crippen molar-refractivity contribution in [2.45, 2.75) is 45.4 Å². The molecule has 1 heteroatoms. The maximum atomic E-state index is 12.5. The lowest BCUT2D eigenvalue weighted by atomic mass is 9.88. The molecule has 1 nitrogen and oxygen atoms in total. The zero-order valence-electron chi connectivity index (χ0n) is 11.7. The SMILES string of the molecule is Cc1cccc(C=C2CCC(C3CCCC3)C2=O)c1. The monoisotopic (exact) mass is 254 g/mol. The van der Waals surface area contributed by atoms with Crippen LogP contribution in [0.15, 0.2) is 29.8 Å². The zero-order valence-corrected chi connectivity index (χ0v) is 11.7. The van der Waals surface area contributed by atoms with Crippen molar-refractivity contribution in [1.29, 1.82) is 0 Å². The molecule has 0 aromatic heterocycles. The molecule has 2 saturated carbocycles. The Hall–Kier alpha value is -1.37. The number of Topliss-reactive ketones (excluding diaryl/α,β-unsaturated/α-hetero) is 1. The highest BCUT2D eigenvalue weighted by molar-refractivity contribution is 6.03. The van der Waals surface area contributed by atoms with Gasteiger partial charge in [-0.3, -0.25) is 4.79 Å². The summed E-state index contributed by atoms with van der Waals surface area (Å²) in [4.78, 5) is 12.5. The number of hydrogen-bond acceptors (Lipinski definition) is 1. The molecule has 1 atom stereocenters. The Bertz CT molecular complexity index is 506. The second-order valence-electron chi connectivity index (χ2n) is 6.14. The predicted octanol–water partition coefficient (Wildman–Crippen LogP) is 4.55. The van der Waals surface area contributed by atoms with Gasteiger partial charge in [-0.25, -0.2) is 0 Å². The Balaban J connectivity index is 1.77. The highest BCUT2D eigenvalue weighted by Crippen LogP contribution is 2.40. The molecule has 0 spiro atoms. The van der Waals surface area contributed by atoms with Crippen LogP contribution < -0.4 is 0 Å². The molecular formula is C18H22O. The summed E-state index contributed by atoms with van der Waals surface area (Å²) in [7, 11) is 0. The number of hydrogen-bond donors (Lipinski definition) is 0. The van der Waals surface area contributed by atoms with Gasteiger partial charge in [-0.05, 0) is 55.7 Å². The zero-order chi connectivity index (χ0) is 13.2. The van der Waals surface area contributed by atoms with Gasteiger partial charge < -0.3 is 0 Å². The summed E-state index contributed by atoms with van der Waals surface area (Å²) in [5.74, 6) is 1.45. The standard InChI is InChI=1S/C18H22O/c1-13-5-4-6-14(11-13)12-16-9-10-17(18(16)19)15-7-2-3-8-15/h4-6,11-12,15,17H,2-3,7-10H2,1H3. The van der Waals surface area contributed by atoms with Crippen LogP contribution in [0.3, 0.4) is 0 Å². The van der Waals surface area contributed by atoms with Crippen molar-refractivity contribution in [3.8, 4) is 0 Å². The number of allylic oxidation sites excluding steroid dienone is 1. The predicted molar refractivity (Wildman–Crippen MR) is 78.8 cm³/mol. The second-order valence-corrected chi connectivity index (χ2v) is 6.14. The normalized spacial score (nSPS) is 26.5. The molecule has 0 aliphatic heterocycles. The van der Waals surface area contributed by atoms with E-state index >= 15 is 0 Å². The lowest BCUT2D eigenvalue weighted by Crippen LogP contribution is -2.16. The molecule has 19 heavy (non-hydrogen) atoms. The lowest BCUT2D eigenvalue weighted by Gasteiger charge is -2.15. The Kier molecular flexibility index (Phi) is 3.54. The maximum Gasteiger partial charge on any atom is 0.162 e. The molecule has 2 aliphatic rings. The van der Waals surface area contributed by atoms with Gasteiger partial charge >= 0.3 is 0 Å². The summed E-state index contributed by atoms with van der Waals surface area (Å²) in [6.07, 6.45) is 9.37. The van der Waals surface area contributed by atoms with Crippen LogP contribution in [0.1, 0.15) is 49.7 Å². The molecule has 0 amide bonds. The molecule has 2 fully saturated rings. The van der Waals surface area contributed by atoms with Crippen molar-refractivity contribution in [3.05, 3.63) is 41.0 Å². The van der Waals surface area contributed by atoms with Crippen LogP contribution in [-0.4, -0.2) is 5.78 Å². The average Bonchev–Trinajstić information content (AvgIpc) is 3.01. The number of benzene rings is 1. The van der Waals surface area contributed by atoms with E-state index in [1.807, 2.05) is 0 Å². The highest BCUT2D eigenvalue weighted by atomic mass is 16.1. The Morgan fingerprint density at radius 3 is 2.68 bits per heavy atom. The van der Waals surface area contributed by atoms with E-state index in [1.54, 1.807) is 0 Å². The van der Waals surface area contributed by atoms with Crippen molar-refractivity contribution in [2.75, 3.05) is 0 Å². The van der Waals surface area contributed by atoms with Gasteiger partial charge in [-0.1, -0.05) is 42.7 Å². The minimum atomic E-state index is 0.332. The van der Waals surface area contributed by atoms with Crippen molar-refractivity contribution in [3.63, 3.8) is 0 Å². The van der Waals surface area contributed by atoms with E-state index < -0.39 is 0 Å². The molecule has 0 saturated heterocycles. The fourth-order valence-electron chi connectivity index (χ4n) is 3.72. The van der Waals surface area contributed by atoms with Crippen molar-refractivity contribution < 1.29 is 4.79 Å².